The third kappa shape index (κ3) is 4.62. The second kappa shape index (κ2) is 10.1. The van der Waals surface area contributed by atoms with Crippen LogP contribution in [-0.2, 0) is 25.5 Å². The van der Waals surface area contributed by atoms with E-state index in [1.807, 2.05) is 61.6 Å². The molecule has 4 nitrogen and oxygen atoms in total. The summed E-state index contributed by atoms with van der Waals surface area (Å²) in [6.07, 6.45) is 5.48. The van der Waals surface area contributed by atoms with Crippen molar-refractivity contribution in [2.24, 2.45) is 0 Å². The summed E-state index contributed by atoms with van der Waals surface area (Å²) in [6, 6.07) is 28.1. The normalized spacial score (nSPS) is 12.6. The number of nitrogens with zero attached hydrogens (tertiary/aromatic N) is 4. The van der Waals surface area contributed by atoms with E-state index < -0.39 is 0 Å². The van der Waals surface area contributed by atoms with Gasteiger partial charge in [-0.15, -0.1) is 35.4 Å². The number of pyridine rings is 3. The minimum absolute atomic E-state index is 0. The number of hydrogen-bond acceptors (Lipinski definition) is 4. The number of rotatable bonds is 2. The molecule has 35 heavy (non-hydrogen) atoms. The minimum atomic E-state index is 0. The Morgan fingerprint density at radius 3 is 2.29 bits per heavy atom. The average Bonchev–Trinajstić information content (AvgIpc) is 2.88. The molecule has 0 aliphatic heterocycles. The van der Waals surface area contributed by atoms with E-state index in [0.29, 0.717) is 0 Å². The van der Waals surface area contributed by atoms with Gasteiger partial charge in [0.15, 0.2) is 0 Å². The Balaban J connectivity index is 0.000000165. The summed E-state index contributed by atoms with van der Waals surface area (Å²) in [5, 5.41) is 2.54. The van der Waals surface area contributed by atoms with E-state index >= 15 is 0 Å². The first-order valence-electron chi connectivity index (χ1n) is 11.4. The van der Waals surface area contributed by atoms with Crippen LogP contribution in [-0.4, -0.2) is 29.0 Å². The quantitative estimate of drug-likeness (QED) is 0.207. The van der Waals surface area contributed by atoms with Gasteiger partial charge < -0.3 is 9.88 Å². The van der Waals surface area contributed by atoms with Gasteiger partial charge in [-0.05, 0) is 57.8 Å². The third-order valence-corrected chi connectivity index (χ3v) is 6.42. The van der Waals surface area contributed by atoms with Crippen molar-refractivity contribution in [3.8, 4) is 22.6 Å². The summed E-state index contributed by atoms with van der Waals surface area (Å²) < 4.78 is 0. The molecule has 1 radical (unpaired) electrons. The zero-order valence-corrected chi connectivity index (χ0v) is 22.7. The van der Waals surface area contributed by atoms with Crippen molar-refractivity contribution in [3.05, 3.63) is 109 Å². The van der Waals surface area contributed by atoms with Gasteiger partial charge in [-0.2, -0.15) is 0 Å². The van der Waals surface area contributed by atoms with Crippen molar-refractivity contribution in [1.29, 1.82) is 0 Å². The molecule has 0 amide bonds. The van der Waals surface area contributed by atoms with Crippen molar-refractivity contribution in [3.63, 3.8) is 0 Å². The van der Waals surface area contributed by atoms with Crippen LogP contribution < -0.4 is 4.90 Å². The van der Waals surface area contributed by atoms with E-state index in [2.05, 4.69) is 71.3 Å². The Kier molecular flexibility index (Phi) is 7.11. The van der Waals surface area contributed by atoms with E-state index in [9.17, 15) is 0 Å². The molecule has 0 saturated carbocycles. The minimum Gasteiger partial charge on any atom is -0.378 e. The molecular formula is C30H27IrN4-. The molecule has 1 aliphatic rings. The molecule has 3 heterocycles. The molecule has 0 saturated heterocycles. The number of aromatic nitrogens is 3. The van der Waals surface area contributed by atoms with E-state index in [1.165, 1.54) is 21.9 Å². The predicted octanol–water partition coefficient (Wildman–Crippen LogP) is 6.55. The molecule has 0 bridgehead atoms. The van der Waals surface area contributed by atoms with Gasteiger partial charge in [-0.25, -0.2) is 0 Å². The van der Waals surface area contributed by atoms with Crippen LogP contribution in [0.1, 0.15) is 25.0 Å². The second-order valence-corrected chi connectivity index (χ2v) is 9.16. The largest absolute Gasteiger partial charge is 0.378 e. The van der Waals surface area contributed by atoms with Crippen LogP contribution in [0.2, 0.25) is 0 Å². The van der Waals surface area contributed by atoms with Crippen LogP contribution in [0.4, 0.5) is 5.69 Å². The van der Waals surface area contributed by atoms with Gasteiger partial charge in [0, 0.05) is 58.5 Å². The van der Waals surface area contributed by atoms with Gasteiger partial charge in [0.2, 0.25) is 0 Å². The number of anilines is 1. The summed E-state index contributed by atoms with van der Waals surface area (Å²) in [4.78, 5) is 15.2. The Morgan fingerprint density at radius 1 is 0.743 bits per heavy atom. The fourth-order valence-electron chi connectivity index (χ4n) is 4.59. The summed E-state index contributed by atoms with van der Waals surface area (Å²) in [5.74, 6) is 0. The van der Waals surface area contributed by atoms with Gasteiger partial charge >= 0.3 is 0 Å². The first-order valence-corrected chi connectivity index (χ1v) is 11.4. The van der Waals surface area contributed by atoms with Crippen molar-refractivity contribution < 1.29 is 20.1 Å². The average molecular weight is 636 g/mol. The molecule has 3 aromatic heterocycles. The molecule has 177 valence electrons. The van der Waals surface area contributed by atoms with Crippen molar-refractivity contribution in [1.82, 2.24) is 15.0 Å². The van der Waals surface area contributed by atoms with Crippen molar-refractivity contribution in [2.75, 3.05) is 19.0 Å². The van der Waals surface area contributed by atoms with Gasteiger partial charge in [0.25, 0.3) is 0 Å². The third-order valence-electron chi connectivity index (χ3n) is 6.42. The van der Waals surface area contributed by atoms with Crippen molar-refractivity contribution >= 4 is 16.5 Å². The summed E-state index contributed by atoms with van der Waals surface area (Å²) >= 11 is 0. The SMILES string of the molecule is CC1(C)c2ccc[c-]c2-c2nccc3cccc1c23.CN(C)c1ccnc(-c2ccccn2)c1.[Ir]. The molecule has 1 aliphatic carbocycles. The standard InChI is InChI=1S/C18H14N.C12H13N3.Ir/c1-18(2)14-8-4-3-7-13(14)17-16-12(10-11-19-17)6-5-9-15(16)18;1-15(2)10-6-8-14-12(9-10)11-5-3-4-7-13-11;/h3-6,8-11H,1-2H3;3-9H,1-2H3;/q-1;;. The molecule has 0 unspecified atom stereocenters. The van der Waals surface area contributed by atoms with Crippen LogP contribution in [0, 0.1) is 6.07 Å². The molecule has 0 fully saturated rings. The van der Waals surface area contributed by atoms with Crippen LogP contribution in [0.5, 0.6) is 0 Å². The monoisotopic (exact) mass is 636 g/mol. The van der Waals surface area contributed by atoms with Gasteiger partial charge in [-0.1, -0.05) is 38.1 Å². The molecule has 0 N–H and O–H groups in total. The predicted molar refractivity (Wildman–Crippen MR) is 140 cm³/mol. The maximum absolute atomic E-state index is 4.61. The van der Waals surface area contributed by atoms with Gasteiger partial charge in [-0.3, -0.25) is 9.97 Å². The van der Waals surface area contributed by atoms with Crippen LogP contribution in [0.3, 0.4) is 0 Å². The molecule has 2 aromatic carbocycles. The van der Waals surface area contributed by atoms with Gasteiger partial charge in [0.05, 0.1) is 11.4 Å². The van der Waals surface area contributed by atoms with E-state index in [0.717, 1.165) is 28.3 Å². The van der Waals surface area contributed by atoms with Crippen LogP contribution >= 0.6 is 0 Å². The van der Waals surface area contributed by atoms with Crippen LogP contribution in [0.25, 0.3) is 33.4 Å². The molecule has 0 spiro atoms. The molecule has 6 rings (SSSR count). The fourth-order valence-corrected chi connectivity index (χ4v) is 4.59. The smallest absolute Gasteiger partial charge is 0.0906 e. The maximum Gasteiger partial charge on any atom is 0.0906 e. The van der Waals surface area contributed by atoms with Gasteiger partial charge in [0.1, 0.15) is 0 Å². The van der Waals surface area contributed by atoms with Crippen LogP contribution in [0.15, 0.2) is 91.4 Å². The summed E-state index contributed by atoms with van der Waals surface area (Å²) in [5.41, 5.74) is 7.84. The Morgan fingerprint density at radius 2 is 1.51 bits per heavy atom. The number of fused-ring (bicyclic) bond motifs is 2. The Bertz CT molecular complexity index is 1460. The Hall–Kier alpha value is -3.40. The number of benzene rings is 2. The van der Waals surface area contributed by atoms with E-state index in [-0.39, 0.29) is 25.5 Å². The number of hydrogen-bond donors (Lipinski definition) is 0. The second-order valence-electron chi connectivity index (χ2n) is 9.16. The summed E-state index contributed by atoms with van der Waals surface area (Å²) in [7, 11) is 4.02. The fraction of sp³-hybridized carbons (Fsp3) is 0.167. The zero-order chi connectivity index (χ0) is 23.7. The molecular weight excluding hydrogens is 609 g/mol. The summed E-state index contributed by atoms with van der Waals surface area (Å²) in [6.45, 7) is 4.56. The van der Waals surface area contributed by atoms with E-state index in [1.54, 1.807) is 12.4 Å². The zero-order valence-electron chi connectivity index (χ0n) is 20.3. The topological polar surface area (TPSA) is 41.9 Å². The molecule has 0 atom stereocenters. The molecule has 5 heteroatoms. The molecule has 5 aromatic rings. The first-order chi connectivity index (χ1) is 16.5. The first kappa shape index (κ1) is 24.7. The maximum atomic E-state index is 4.61. The Labute approximate surface area is 220 Å². The van der Waals surface area contributed by atoms with E-state index in [4.69, 9.17) is 0 Å². The van der Waals surface area contributed by atoms with Crippen molar-refractivity contribution in [2.45, 2.75) is 19.3 Å².